The SMILES string of the molecule is CCN(Cc1ccc(C(=O)Nc2cccc(-c3cccc(NC(=O)c4ccc(CNCCNC(=O)CCCNc5nc(N)n6nc(-c7ccco7)nc6n5)cn4)c3C)c2Cl)nc1)CC(C)(F)F. The van der Waals surface area contributed by atoms with E-state index in [-0.39, 0.29) is 48.1 Å². The normalized spacial score (nSPS) is 11.5. The number of benzene rings is 2. The highest BCUT2D eigenvalue weighted by Gasteiger charge is 2.25. The fraction of sp³-hybridized carbons (Fsp3) is 0.283. The number of furan rings is 1. The number of nitrogens with zero attached hydrogens (tertiary/aromatic N) is 8. The Labute approximate surface area is 389 Å². The number of hydrogen-bond acceptors (Lipinski definition) is 14. The molecule has 0 unspecified atom stereocenters. The standard InChI is InChI=1S/C46H49ClF2N14O4/c1-4-62(27-46(3,48)49)26-30-16-18-36(55-25-30)42(66)57-34-12-6-10-32(39(34)47)31-9-5-11-33(28(31)2)56-41(65)35-17-15-29(24-54-35)23-51-20-21-52-38(64)14-7-19-53-44-59-43(50)63-45(60-44)58-40(61-63)37-13-8-22-67-37/h5-6,8-13,15-18,22,24-25,51H,4,7,14,19-21,23,26-27H2,1-3H3,(H,52,64)(H,56,65)(H,57,66)(H3,50,53,58,59,60,61). The molecule has 7 N–H and O–H groups in total. The zero-order valence-corrected chi connectivity index (χ0v) is 37.7. The van der Waals surface area contributed by atoms with Crippen LogP contribution in [0.15, 0.2) is 95.9 Å². The second-order valence-corrected chi connectivity index (χ2v) is 16.0. The van der Waals surface area contributed by atoms with Gasteiger partial charge in [0.25, 0.3) is 23.5 Å². The van der Waals surface area contributed by atoms with Crippen LogP contribution in [-0.2, 0) is 17.9 Å². The maximum Gasteiger partial charge on any atom is 0.274 e. The number of nitrogens with one attached hydrogen (secondary N) is 5. The first-order valence-electron chi connectivity index (χ1n) is 21.4. The van der Waals surface area contributed by atoms with Gasteiger partial charge in [0.05, 0.1) is 23.5 Å². The molecule has 3 amide bonds. The van der Waals surface area contributed by atoms with Crippen molar-refractivity contribution >= 4 is 58.4 Å². The van der Waals surface area contributed by atoms with Gasteiger partial charge in [0.15, 0.2) is 5.76 Å². The van der Waals surface area contributed by atoms with Crippen molar-refractivity contribution in [3.63, 3.8) is 0 Å². The number of nitrogens with two attached hydrogens (primary N) is 1. The Balaban J connectivity index is 0.833. The zero-order chi connectivity index (χ0) is 47.5. The van der Waals surface area contributed by atoms with Crippen molar-refractivity contribution in [2.24, 2.45) is 0 Å². The number of halogens is 3. The van der Waals surface area contributed by atoms with Gasteiger partial charge in [0.1, 0.15) is 11.4 Å². The highest BCUT2D eigenvalue weighted by Crippen LogP contribution is 2.37. The first kappa shape index (κ1) is 47.5. The summed E-state index contributed by atoms with van der Waals surface area (Å²) in [5.74, 6) is -2.36. The van der Waals surface area contributed by atoms with Gasteiger partial charge in [-0.3, -0.25) is 29.3 Å². The summed E-state index contributed by atoms with van der Waals surface area (Å²) in [4.78, 5) is 62.0. The molecule has 0 aliphatic rings. The average molecular weight is 935 g/mol. The summed E-state index contributed by atoms with van der Waals surface area (Å²) in [5.41, 5.74) is 11.0. The number of alkyl halides is 2. The van der Waals surface area contributed by atoms with Gasteiger partial charge in [-0.1, -0.05) is 54.9 Å². The first-order valence-corrected chi connectivity index (χ1v) is 21.8. The van der Waals surface area contributed by atoms with Crippen LogP contribution < -0.4 is 32.3 Å². The molecular weight excluding hydrogens is 886 g/mol. The monoisotopic (exact) mass is 934 g/mol. The summed E-state index contributed by atoms with van der Waals surface area (Å²) < 4.78 is 33.8. The van der Waals surface area contributed by atoms with Gasteiger partial charge in [0.2, 0.25) is 23.6 Å². The summed E-state index contributed by atoms with van der Waals surface area (Å²) >= 11 is 6.87. The van der Waals surface area contributed by atoms with E-state index in [1.54, 1.807) is 71.8 Å². The molecule has 0 spiro atoms. The lowest BCUT2D eigenvalue weighted by Crippen LogP contribution is -2.34. The maximum absolute atomic E-state index is 13.6. The van der Waals surface area contributed by atoms with Crippen LogP contribution >= 0.6 is 11.6 Å². The van der Waals surface area contributed by atoms with Crippen LogP contribution in [0.5, 0.6) is 0 Å². The molecule has 348 valence electrons. The number of hydrogen-bond donors (Lipinski definition) is 6. The molecule has 0 radical (unpaired) electrons. The molecule has 21 heteroatoms. The molecule has 5 heterocycles. The van der Waals surface area contributed by atoms with Gasteiger partial charge in [-0.2, -0.15) is 19.5 Å². The van der Waals surface area contributed by atoms with Crippen molar-refractivity contribution in [2.45, 2.75) is 52.6 Å². The molecule has 7 aromatic rings. The second kappa shape index (κ2) is 21.7. The summed E-state index contributed by atoms with van der Waals surface area (Å²) in [5, 5.41) is 19.5. The average Bonchev–Trinajstić information content (AvgIpc) is 4.01. The third-order valence-corrected chi connectivity index (χ3v) is 10.8. The van der Waals surface area contributed by atoms with Crippen LogP contribution in [0.3, 0.4) is 0 Å². The molecule has 0 fully saturated rings. The molecule has 18 nitrogen and oxygen atoms in total. The van der Waals surface area contributed by atoms with Crippen molar-refractivity contribution in [3.05, 3.63) is 125 Å². The quantitative estimate of drug-likeness (QED) is 0.0404. The molecule has 0 saturated carbocycles. The van der Waals surface area contributed by atoms with Crippen LogP contribution in [0.2, 0.25) is 5.02 Å². The number of anilines is 4. The number of amides is 3. The predicted molar refractivity (Wildman–Crippen MR) is 251 cm³/mol. The van der Waals surface area contributed by atoms with Crippen LogP contribution in [0, 0.1) is 6.92 Å². The van der Waals surface area contributed by atoms with E-state index in [2.05, 4.69) is 56.6 Å². The van der Waals surface area contributed by atoms with Crippen LogP contribution in [0.25, 0.3) is 28.5 Å². The van der Waals surface area contributed by atoms with E-state index in [9.17, 15) is 23.2 Å². The fourth-order valence-electron chi connectivity index (χ4n) is 6.97. The smallest absolute Gasteiger partial charge is 0.274 e. The van der Waals surface area contributed by atoms with Gasteiger partial charge >= 0.3 is 0 Å². The van der Waals surface area contributed by atoms with Gasteiger partial charge < -0.3 is 36.7 Å². The molecule has 0 aliphatic carbocycles. The Kier molecular flexibility index (Phi) is 15.4. The number of rotatable bonds is 21. The third kappa shape index (κ3) is 12.7. The van der Waals surface area contributed by atoms with Gasteiger partial charge in [-0.05, 0) is 78.5 Å². The molecule has 67 heavy (non-hydrogen) atoms. The number of aromatic nitrogens is 7. The number of carbonyl (C=O) groups is 3. The van der Waals surface area contributed by atoms with E-state index in [1.807, 2.05) is 26.0 Å². The highest BCUT2D eigenvalue weighted by atomic mass is 35.5. The van der Waals surface area contributed by atoms with Gasteiger partial charge in [0, 0.05) is 69.7 Å². The minimum atomic E-state index is -2.83. The lowest BCUT2D eigenvalue weighted by molar-refractivity contribution is -0.121. The van der Waals surface area contributed by atoms with Crippen LogP contribution in [-0.4, -0.2) is 95.8 Å². The maximum atomic E-state index is 13.6. The summed E-state index contributed by atoms with van der Waals surface area (Å²) in [6.07, 6.45) is 5.47. The molecule has 2 aromatic carbocycles. The summed E-state index contributed by atoms with van der Waals surface area (Å²) in [7, 11) is 0. The van der Waals surface area contributed by atoms with Gasteiger partial charge in [-0.15, -0.1) is 5.10 Å². The third-order valence-electron chi connectivity index (χ3n) is 10.4. The number of pyridine rings is 2. The molecule has 7 rings (SSSR count). The summed E-state index contributed by atoms with van der Waals surface area (Å²) in [6, 6.07) is 20.8. The largest absolute Gasteiger partial charge is 0.461 e. The molecular formula is C46H49ClF2N14O4. The summed E-state index contributed by atoms with van der Waals surface area (Å²) in [6.45, 7) is 6.72. The second-order valence-electron chi connectivity index (χ2n) is 15.6. The topological polar surface area (TPSA) is 236 Å². The van der Waals surface area contributed by atoms with Crippen molar-refractivity contribution in [1.82, 2.24) is 50.1 Å². The minimum absolute atomic E-state index is 0.0983. The lowest BCUT2D eigenvalue weighted by atomic mass is 9.98. The van der Waals surface area contributed by atoms with Crippen LogP contribution in [0.4, 0.5) is 32.1 Å². The first-order chi connectivity index (χ1) is 32.2. The molecule has 0 aliphatic heterocycles. The number of nitrogen functional groups attached to an aromatic ring is 1. The Bertz CT molecular complexity index is 2820. The van der Waals surface area contributed by atoms with Crippen molar-refractivity contribution in [1.29, 1.82) is 0 Å². The number of fused-ring (bicyclic) bond motifs is 1. The number of carbonyl (C=O) groups excluding carboxylic acids is 3. The Hall–Kier alpha value is -7.42. The zero-order valence-electron chi connectivity index (χ0n) is 36.9. The van der Waals surface area contributed by atoms with Gasteiger partial charge in [-0.25, -0.2) is 8.78 Å². The van der Waals surface area contributed by atoms with Crippen molar-refractivity contribution in [2.75, 3.05) is 54.4 Å². The highest BCUT2D eigenvalue weighted by molar-refractivity contribution is 6.36. The molecule has 5 aromatic heterocycles. The van der Waals surface area contributed by atoms with E-state index in [4.69, 9.17) is 21.8 Å². The van der Waals surface area contributed by atoms with E-state index < -0.39 is 17.7 Å². The predicted octanol–water partition coefficient (Wildman–Crippen LogP) is 6.86. The molecule has 0 saturated heterocycles. The fourth-order valence-corrected chi connectivity index (χ4v) is 7.25. The van der Waals surface area contributed by atoms with E-state index in [0.717, 1.165) is 23.6 Å². The minimum Gasteiger partial charge on any atom is -0.461 e. The van der Waals surface area contributed by atoms with Crippen LogP contribution in [0.1, 0.15) is 64.4 Å². The van der Waals surface area contributed by atoms with E-state index in [0.29, 0.717) is 84.7 Å². The molecule has 0 bridgehead atoms. The lowest BCUT2D eigenvalue weighted by Gasteiger charge is -2.23. The van der Waals surface area contributed by atoms with E-state index >= 15 is 0 Å². The Morgan fingerprint density at radius 3 is 2.22 bits per heavy atom. The Morgan fingerprint density at radius 2 is 1.55 bits per heavy atom. The molecule has 0 atom stereocenters. The van der Waals surface area contributed by atoms with Crippen molar-refractivity contribution < 1.29 is 27.6 Å². The van der Waals surface area contributed by atoms with E-state index in [1.165, 1.54) is 17.0 Å². The Morgan fingerprint density at radius 1 is 0.851 bits per heavy atom. The van der Waals surface area contributed by atoms with Crippen molar-refractivity contribution in [3.8, 4) is 22.7 Å².